The van der Waals surface area contributed by atoms with Crippen LogP contribution in [0.25, 0.3) is 0 Å². The number of fused-ring (bicyclic) bond motifs is 1. The van der Waals surface area contributed by atoms with Gasteiger partial charge in [0.05, 0.1) is 28.3 Å². The quantitative estimate of drug-likeness (QED) is 0.814. The Labute approximate surface area is 135 Å². The molecule has 0 bridgehead atoms. The molecule has 0 aliphatic carbocycles. The Morgan fingerprint density at radius 1 is 1.09 bits per heavy atom. The second-order valence-corrected chi connectivity index (χ2v) is 7.56. The molecule has 1 fully saturated rings. The minimum absolute atomic E-state index is 0.333. The van der Waals surface area contributed by atoms with Gasteiger partial charge in [-0.05, 0) is 58.7 Å². The van der Waals surface area contributed by atoms with Gasteiger partial charge in [0.15, 0.2) is 0 Å². The number of piperidine rings is 1. The summed E-state index contributed by atoms with van der Waals surface area (Å²) in [5, 5.41) is 14.2. The number of nitrogens with one attached hydrogen (secondary N) is 1. The minimum Gasteiger partial charge on any atom is -0.405 e. The van der Waals surface area contributed by atoms with Crippen molar-refractivity contribution in [1.82, 2.24) is 10.4 Å². The van der Waals surface area contributed by atoms with E-state index in [9.17, 15) is 14.7 Å². The highest BCUT2D eigenvalue weighted by molar-refractivity contribution is 6.21. The Hall–Kier alpha value is -1.92. The topological polar surface area (TPSA) is 78.9 Å². The van der Waals surface area contributed by atoms with Crippen molar-refractivity contribution in [2.45, 2.75) is 57.7 Å². The number of aliphatic hydroxyl groups excluding tert-OH is 1. The van der Waals surface area contributed by atoms with E-state index < -0.39 is 5.91 Å². The van der Waals surface area contributed by atoms with E-state index in [-0.39, 0.29) is 23.1 Å². The largest absolute Gasteiger partial charge is 0.405 e. The molecule has 2 heterocycles. The van der Waals surface area contributed by atoms with E-state index in [2.05, 4.69) is 5.32 Å². The summed E-state index contributed by atoms with van der Waals surface area (Å²) in [6.45, 7) is 8.06. The summed E-state index contributed by atoms with van der Waals surface area (Å²) >= 11 is 0. The molecule has 23 heavy (non-hydrogen) atoms. The van der Waals surface area contributed by atoms with E-state index in [0.717, 1.165) is 0 Å². The lowest BCUT2D eigenvalue weighted by Gasteiger charge is -2.52. The molecule has 1 saturated heterocycles. The van der Waals surface area contributed by atoms with Crippen LogP contribution in [0, 0.1) is 0 Å². The van der Waals surface area contributed by atoms with Crippen molar-refractivity contribution in [3.05, 3.63) is 29.3 Å². The highest BCUT2D eigenvalue weighted by Gasteiger charge is 2.47. The van der Waals surface area contributed by atoms with Crippen LogP contribution in [0.2, 0.25) is 0 Å². The number of amides is 2. The second kappa shape index (κ2) is 5.04. The molecule has 124 valence electrons. The molecule has 2 N–H and O–H groups in total. The Morgan fingerprint density at radius 2 is 1.65 bits per heavy atom. The van der Waals surface area contributed by atoms with Crippen LogP contribution in [0.15, 0.2) is 18.2 Å². The van der Waals surface area contributed by atoms with Crippen LogP contribution in [-0.4, -0.2) is 39.2 Å². The number of hydrogen-bond donors (Lipinski definition) is 2. The monoisotopic (exact) mass is 318 g/mol. The average Bonchev–Trinajstić information content (AvgIpc) is 2.68. The fourth-order valence-corrected chi connectivity index (χ4v) is 3.77. The zero-order valence-electron chi connectivity index (χ0n) is 13.8. The zero-order valence-corrected chi connectivity index (χ0v) is 13.8. The summed E-state index contributed by atoms with van der Waals surface area (Å²) in [6, 6.07) is 4.88. The van der Waals surface area contributed by atoms with E-state index in [1.807, 2.05) is 32.8 Å². The standard InChI is InChI=1S/C17H22N2O4/c1-16(2)8-10(20)9-17(3,4)19(16)23-11-5-6-12-13(7-11)15(22)18-14(12)21/h5-7,10,20H,8-9H2,1-4H3,(H,18,21,22). The van der Waals surface area contributed by atoms with Gasteiger partial charge in [0.1, 0.15) is 5.75 Å². The SMILES string of the molecule is CC1(C)CC(O)CC(C)(C)N1Oc1ccc2c(c1)C(=O)NC2=O. The molecule has 2 aliphatic heterocycles. The van der Waals surface area contributed by atoms with Crippen molar-refractivity contribution < 1.29 is 19.5 Å². The van der Waals surface area contributed by atoms with Crippen molar-refractivity contribution in [3.8, 4) is 5.75 Å². The highest BCUT2D eigenvalue weighted by atomic mass is 16.7. The second-order valence-electron chi connectivity index (χ2n) is 7.56. The number of hydroxylamine groups is 2. The predicted octanol–water partition coefficient (Wildman–Crippen LogP) is 1.88. The molecular weight excluding hydrogens is 296 g/mol. The van der Waals surface area contributed by atoms with Gasteiger partial charge in [-0.1, -0.05) is 0 Å². The zero-order chi connectivity index (χ0) is 17.0. The molecule has 0 aromatic heterocycles. The van der Waals surface area contributed by atoms with Crippen LogP contribution >= 0.6 is 0 Å². The van der Waals surface area contributed by atoms with E-state index in [4.69, 9.17) is 4.84 Å². The van der Waals surface area contributed by atoms with Crippen molar-refractivity contribution in [2.75, 3.05) is 0 Å². The van der Waals surface area contributed by atoms with Crippen molar-refractivity contribution in [2.24, 2.45) is 0 Å². The molecule has 2 amide bonds. The van der Waals surface area contributed by atoms with Crippen LogP contribution in [0.1, 0.15) is 61.3 Å². The predicted molar refractivity (Wildman–Crippen MR) is 84.1 cm³/mol. The summed E-state index contributed by atoms with van der Waals surface area (Å²) in [7, 11) is 0. The van der Waals surface area contributed by atoms with Gasteiger partial charge in [0.2, 0.25) is 0 Å². The molecular formula is C17H22N2O4. The molecule has 0 unspecified atom stereocenters. The molecule has 3 rings (SSSR count). The first-order valence-corrected chi connectivity index (χ1v) is 7.76. The summed E-state index contributed by atoms with van der Waals surface area (Å²) in [5.74, 6) is -0.271. The van der Waals surface area contributed by atoms with Crippen molar-refractivity contribution in [3.63, 3.8) is 0 Å². The first-order chi connectivity index (χ1) is 10.6. The minimum atomic E-state index is -0.400. The average molecular weight is 318 g/mol. The van der Waals surface area contributed by atoms with Gasteiger partial charge in [-0.2, -0.15) is 0 Å². The lowest BCUT2D eigenvalue weighted by atomic mass is 9.80. The van der Waals surface area contributed by atoms with Crippen molar-refractivity contribution >= 4 is 11.8 Å². The first kappa shape index (κ1) is 16.0. The number of imide groups is 1. The summed E-state index contributed by atoms with van der Waals surface area (Å²) in [4.78, 5) is 29.5. The molecule has 1 aromatic carbocycles. The van der Waals surface area contributed by atoms with Gasteiger partial charge in [-0.15, -0.1) is 5.06 Å². The van der Waals surface area contributed by atoms with E-state index in [0.29, 0.717) is 29.7 Å². The molecule has 0 saturated carbocycles. The van der Waals surface area contributed by atoms with Crippen LogP contribution in [0.4, 0.5) is 0 Å². The first-order valence-electron chi connectivity index (χ1n) is 7.76. The lowest BCUT2D eigenvalue weighted by molar-refractivity contribution is -0.234. The Balaban J connectivity index is 1.91. The maximum Gasteiger partial charge on any atom is 0.259 e. The Bertz CT molecular complexity index is 663. The maximum atomic E-state index is 11.8. The smallest absolute Gasteiger partial charge is 0.259 e. The van der Waals surface area contributed by atoms with Gasteiger partial charge in [0.25, 0.3) is 11.8 Å². The molecule has 0 atom stereocenters. The molecule has 2 aliphatic rings. The third-order valence-corrected chi connectivity index (χ3v) is 4.47. The summed E-state index contributed by atoms with van der Waals surface area (Å²) in [6.07, 6.45) is 0.823. The molecule has 6 heteroatoms. The van der Waals surface area contributed by atoms with Crippen LogP contribution < -0.4 is 10.2 Å². The number of rotatable bonds is 2. The molecule has 0 spiro atoms. The number of benzene rings is 1. The molecule has 6 nitrogen and oxygen atoms in total. The van der Waals surface area contributed by atoms with Gasteiger partial charge in [-0.25, -0.2) is 0 Å². The normalized spacial score (nSPS) is 23.5. The highest BCUT2D eigenvalue weighted by Crippen LogP contribution is 2.39. The molecule has 1 aromatic rings. The fraction of sp³-hybridized carbons (Fsp3) is 0.529. The fourth-order valence-electron chi connectivity index (χ4n) is 3.77. The third kappa shape index (κ3) is 2.72. The lowest BCUT2D eigenvalue weighted by Crippen LogP contribution is -2.63. The Kier molecular flexibility index (Phi) is 3.50. The van der Waals surface area contributed by atoms with Crippen LogP contribution in [0.3, 0.4) is 0 Å². The number of carbonyl (C=O) groups is 2. The van der Waals surface area contributed by atoms with E-state index in [1.165, 1.54) is 0 Å². The maximum absolute atomic E-state index is 11.8. The number of nitrogens with zero attached hydrogens (tertiary/aromatic N) is 1. The number of carbonyl (C=O) groups excluding carboxylic acids is 2. The number of aliphatic hydroxyl groups is 1. The van der Waals surface area contributed by atoms with Gasteiger partial charge in [0, 0.05) is 0 Å². The molecule has 0 radical (unpaired) electrons. The Morgan fingerprint density at radius 3 is 2.26 bits per heavy atom. The summed E-state index contributed by atoms with van der Waals surface area (Å²) in [5.41, 5.74) is -0.0219. The number of hydrogen-bond acceptors (Lipinski definition) is 5. The van der Waals surface area contributed by atoms with Crippen LogP contribution in [0.5, 0.6) is 5.75 Å². The summed E-state index contributed by atoms with van der Waals surface area (Å²) < 4.78 is 0. The van der Waals surface area contributed by atoms with Gasteiger partial charge < -0.3 is 9.94 Å². The van der Waals surface area contributed by atoms with E-state index >= 15 is 0 Å². The third-order valence-electron chi connectivity index (χ3n) is 4.47. The van der Waals surface area contributed by atoms with Crippen LogP contribution in [-0.2, 0) is 0 Å². The van der Waals surface area contributed by atoms with Gasteiger partial charge in [-0.3, -0.25) is 14.9 Å². The van der Waals surface area contributed by atoms with Gasteiger partial charge >= 0.3 is 0 Å². The van der Waals surface area contributed by atoms with Crippen molar-refractivity contribution in [1.29, 1.82) is 0 Å². The van der Waals surface area contributed by atoms with E-state index in [1.54, 1.807) is 18.2 Å².